The molecule has 106 valence electrons. The van der Waals surface area contributed by atoms with Gasteiger partial charge in [-0.2, -0.15) is 5.10 Å². The second-order valence-electron chi connectivity index (χ2n) is 5.97. The molecule has 2 N–H and O–H groups in total. The smallest absolute Gasteiger partial charge is 0.0695 e. The first kappa shape index (κ1) is 13.4. The Hall–Kier alpha value is -1.61. The van der Waals surface area contributed by atoms with Crippen molar-refractivity contribution in [2.75, 3.05) is 0 Å². The van der Waals surface area contributed by atoms with E-state index in [2.05, 4.69) is 46.7 Å². The molecule has 3 nitrogen and oxygen atoms in total. The molecule has 0 amide bonds. The van der Waals surface area contributed by atoms with Gasteiger partial charge in [-0.1, -0.05) is 37.3 Å². The van der Waals surface area contributed by atoms with E-state index in [4.69, 9.17) is 0 Å². The number of hydrogen-bond donors (Lipinski definition) is 2. The van der Waals surface area contributed by atoms with Gasteiger partial charge in [-0.05, 0) is 37.2 Å². The number of hydrogen-bond acceptors (Lipinski definition) is 2. The van der Waals surface area contributed by atoms with E-state index in [-0.39, 0.29) is 0 Å². The topological polar surface area (TPSA) is 40.7 Å². The number of benzene rings is 1. The second kappa shape index (κ2) is 6.23. The Bertz CT molecular complexity index is 524. The average Bonchev–Trinajstić information content (AvgIpc) is 2.96. The molecule has 0 radical (unpaired) electrons. The Morgan fingerprint density at radius 3 is 2.65 bits per heavy atom. The fourth-order valence-electron chi connectivity index (χ4n) is 3.02. The summed E-state index contributed by atoms with van der Waals surface area (Å²) in [5.74, 6) is 0.904. The van der Waals surface area contributed by atoms with Gasteiger partial charge in [0, 0.05) is 18.2 Å². The molecule has 1 fully saturated rings. The van der Waals surface area contributed by atoms with Gasteiger partial charge in [0.05, 0.1) is 11.9 Å². The van der Waals surface area contributed by atoms with Crippen molar-refractivity contribution in [1.82, 2.24) is 15.5 Å². The fraction of sp³-hybridized carbons (Fsp3) is 0.471. The van der Waals surface area contributed by atoms with Gasteiger partial charge in [0.1, 0.15) is 0 Å². The molecule has 2 aromatic rings. The minimum absolute atomic E-state index is 0.671. The van der Waals surface area contributed by atoms with Crippen molar-refractivity contribution in [3.8, 4) is 11.3 Å². The third-order valence-corrected chi connectivity index (χ3v) is 4.38. The largest absolute Gasteiger partial charge is 0.310 e. The molecule has 0 bridgehead atoms. The minimum Gasteiger partial charge on any atom is -0.310 e. The number of aromatic amines is 1. The fourth-order valence-corrected chi connectivity index (χ4v) is 3.02. The van der Waals surface area contributed by atoms with Crippen molar-refractivity contribution in [3.05, 3.63) is 42.1 Å². The molecule has 1 aromatic heterocycles. The van der Waals surface area contributed by atoms with Crippen molar-refractivity contribution >= 4 is 0 Å². The predicted octanol–water partition coefficient (Wildman–Crippen LogP) is 3.75. The Morgan fingerprint density at radius 1 is 1.15 bits per heavy atom. The molecule has 0 atom stereocenters. The van der Waals surface area contributed by atoms with Crippen LogP contribution in [0.2, 0.25) is 0 Å². The molecule has 1 saturated carbocycles. The van der Waals surface area contributed by atoms with Crippen LogP contribution < -0.4 is 5.32 Å². The van der Waals surface area contributed by atoms with Crippen LogP contribution in [0.1, 0.15) is 38.2 Å². The van der Waals surface area contributed by atoms with E-state index < -0.39 is 0 Å². The first-order valence-corrected chi connectivity index (χ1v) is 7.64. The Labute approximate surface area is 120 Å². The predicted molar refractivity (Wildman–Crippen MR) is 82.3 cm³/mol. The molecule has 1 aliphatic rings. The summed E-state index contributed by atoms with van der Waals surface area (Å²) in [6.07, 6.45) is 7.27. The highest BCUT2D eigenvalue weighted by Gasteiger charge is 2.18. The summed E-state index contributed by atoms with van der Waals surface area (Å²) in [7, 11) is 0. The molecule has 1 aromatic carbocycles. The van der Waals surface area contributed by atoms with Gasteiger partial charge in [0.2, 0.25) is 0 Å². The van der Waals surface area contributed by atoms with E-state index in [0.717, 1.165) is 18.2 Å². The highest BCUT2D eigenvalue weighted by Crippen LogP contribution is 2.25. The molecule has 0 unspecified atom stereocenters. The van der Waals surface area contributed by atoms with E-state index >= 15 is 0 Å². The monoisotopic (exact) mass is 269 g/mol. The summed E-state index contributed by atoms with van der Waals surface area (Å²) in [6, 6.07) is 11.1. The molecular formula is C17H23N3. The van der Waals surface area contributed by atoms with Gasteiger partial charge in [-0.15, -0.1) is 0 Å². The van der Waals surface area contributed by atoms with Crippen molar-refractivity contribution in [2.45, 2.75) is 45.2 Å². The molecular weight excluding hydrogens is 246 g/mol. The van der Waals surface area contributed by atoms with E-state index in [1.165, 1.54) is 36.8 Å². The summed E-state index contributed by atoms with van der Waals surface area (Å²) in [4.78, 5) is 0. The normalized spacial score (nSPS) is 22.9. The van der Waals surface area contributed by atoms with Crippen LogP contribution in [0.3, 0.4) is 0 Å². The second-order valence-corrected chi connectivity index (χ2v) is 5.97. The van der Waals surface area contributed by atoms with Gasteiger partial charge in [0.15, 0.2) is 0 Å². The number of H-pyrrole nitrogens is 1. The zero-order valence-electron chi connectivity index (χ0n) is 12.1. The minimum atomic E-state index is 0.671. The molecule has 0 aliphatic heterocycles. The quantitative estimate of drug-likeness (QED) is 0.887. The van der Waals surface area contributed by atoms with Crippen molar-refractivity contribution in [3.63, 3.8) is 0 Å². The first-order chi connectivity index (χ1) is 9.83. The number of rotatable bonds is 4. The zero-order valence-corrected chi connectivity index (χ0v) is 12.1. The Balaban J connectivity index is 1.63. The van der Waals surface area contributed by atoms with Gasteiger partial charge in [-0.3, -0.25) is 5.10 Å². The first-order valence-electron chi connectivity index (χ1n) is 7.64. The van der Waals surface area contributed by atoms with E-state index in [1.807, 2.05) is 12.3 Å². The highest BCUT2D eigenvalue weighted by molar-refractivity contribution is 5.62. The van der Waals surface area contributed by atoms with Crippen LogP contribution >= 0.6 is 0 Å². The SMILES string of the molecule is CC1CCC(NCc2cn[nH]c2-c2ccccc2)CC1. The summed E-state index contributed by atoms with van der Waals surface area (Å²) in [6.45, 7) is 3.26. The summed E-state index contributed by atoms with van der Waals surface area (Å²) < 4.78 is 0. The van der Waals surface area contributed by atoms with Gasteiger partial charge in [-0.25, -0.2) is 0 Å². The lowest BCUT2D eigenvalue weighted by atomic mass is 9.87. The van der Waals surface area contributed by atoms with E-state index in [0.29, 0.717) is 6.04 Å². The lowest BCUT2D eigenvalue weighted by Crippen LogP contribution is -2.32. The van der Waals surface area contributed by atoms with Crippen LogP contribution in [-0.2, 0) is 6.54 Å². The van der Waals surface area contributed by atoms with Crippen LogP contribution in [0.15, 0.2) is 36.5 Å². The lowest BCUT2D eigenvalue weighted by Gasteiger charge is -2.27. The van der Waals surface area contributed by atoms with E-state index in [1.54, 1.807) is 0 Å². The van der Waals surface area contributed by atoms with Gasteiger partial charge in [0.25, 0.3) is 0 Å². The van der Waals surface area contributed by atoms with Gasteiger partial charge >= 0.3 is 0 Å². The van der Waals surface area contributed by atoms with Gasteiger partial charge < -0.3 is 5.32 Å². The molecule has 20 heavy (non-hydrogen) atoms. The molecule has 3 heteroatoms. The maximum absolute atomic E-state index is 4.21. The number of nitrogens with zero attached hydrogens (tertiary/aromatic N) is 1. The number of aromatic nitrogens is 2. The highest BCUT2D eigenvalue weighted by atomic mass is 15.1. The van der Waals surface area contributed by atoms with Crippen LogP contribution in [0, 0.1) is 5.92 Å². The Kier molecular flexibility index (Phi) is 4.16. The summed E-state index contributed by atoms with van der Waals surface area (Å²) in [5, 5.41) is 11.0. The van der Waals surface area contributed by atoms with E-state index in [9.17, 15) is 0 Å². The van der Waals surface area contributed by atoms with Crippen LogP contribution in [0.4, 0.5) is 0 Å². The maximum Gasteiger partial charge on any atom is 0.0695 e. The molecule has 0 spiro atoms. The molecule has 3 rings (SSSR count). The molecule has 0 saturated heterocycles. The maximum atomic E-state index is 4.21. The third kappa shape index (κ3) is 3.10. The standard InChI is InChI=1S/C17H23N3/c1-13-7-9-16(10-8-13)18-11-15-12-19-20-17(15)14-5-3-2-4-6-14/h2-6,12-13,16,18H,7-11H2,1H3,(H,19,20). The summed E-state index contributed by atoms with van der Waals surface area (Å²) >= 11 is 0. The van der Waals surface area contributed by atoms with Crippen LogP contribution in [-0.4, -0.2) is 16.2 Å². The summed E-state index contributed by atoms with van der Waals surface area (Å²) in [5.41, 5.74) is 3.61. The molecule has 1 heterocycles. The lowest BCUT2D eigenvalue weighted by molar-refractivity contribution is 0.306. The average molecular weight is 269 g/mol. The zero-order chi connectivity index (χ0) is 13.8. The van der Waals surface area contributed by atoms with Crippen LogP contribution in [0.5, 0.6) is 0 Å². The van der Waals surface area contributed by atoms with Crippen molar-refractivity contribution in [1.29, 1.82) is 0 Å². The van der Waals surface area contributed by atoms with Crippen molar-refractivity contribution in [2.24, 2.45) is 5.92 Å². The number of nitrogens with one attached hydrogen (secondary N) is 2. The van der Waals surface area contributed by atoms with Crippen LogP contribution in [0.25, 0.3) is 11.3 Å². The Morgan fingerprint density at radius 2 is 1.90 bits per heavy atom. The third-order valence-electron chi connectivity index (χ3n) is 4.38. The van der Waals surface area contributed by atoms with Crippen molar-refractivity contribution < 1.29 is 0 Å². The molecule has 1 aliphatic carbocycles.